The number of hydrogen-bond donors (Lipinski definition) is 2. The van der Waals surface area contributed by atoms with Crippen molar-refractivity contribution in [2.75, 3.05) is 59.5 Å². The topological polar surface area (TPSA) is 73.9 Å². The van der Waals surface area contributed by atoms with Crippen LogP contribution in [-0.2, 0) is 14.3 Å². The smallest absolute Gasteiger partial charge is 0.242 e. The molecule has 2 heterocycles. The Balaban J connectivity index is 1.68. The Morgan fingerprint density at radius 3 is 2.73 bits per heavy atom. The molecule has 2 aliphatic rings. The van der Waals surface area contributed by atoms with Gasteiger partial charge in [0, 0.05) is 46.4 Å². The molecule has 2 saturated heterocycles. The second-order valence-electron chi connectivity index (χ2n) is 6.02. The van der Waals surface area contributed by atoms with Crippen molar-refractivity contribution in [3.05, 3.63) is 0 Å². The van der Waals surface area contributed by atoms with Crippen LogP contribution in [0.25, 0.3) is 0 Å². The Morgan fingerprint density at radius 2 is 2.00 bits per heavy atom. The van der Waals surface area contributed by atoms with Crippen LogP contribution in [0.5, 0.6) is 0 Å². The molecule has 0 radical (unpaired) electrons. The van der Waals surface area contributed by atoms with Crippen molar-refractivity contribution in [2.45, 2.75) is 25.3 Å². The first kappa shape index (κ1) is 17.2. The highest BCUT2D eigenvalue weighted by Gasteiger charge is 2.24. The van der Waals surface area contributed by atoms with E-state index in [0.717, 1.165) is 58.6 Å². The standard InChI is InChI=1S/C15H28N4O3/c1-22-11-10-18-6-8-19(9-7-18)12-14(20)17-13-4-2-3-5-16-15(13)21/h13H,2-12H2,1H3,(H,16,21)(H,17,20)/t13-/m1/s1. The molecule has 126 valence electrons. The summed E-state index contributed by atoms with van der Waals surface area (Å²) < 4.78 is 5.08. The zero-order valence-corrected chi connectivity index (χ0v) is 13.5. The molecule has 0 unspecified atom stereocenters. The van der Waals surface area contributed by atoms with E-state index in [1.165, 1.54) is 0 Å². The third-order valence-electron chi connectivity index (χ3n) is 4.31. The van der Waals surface area contributed by atoms with Gasteiger partial charge in [0.25, 0.3) is 0 Å². The molecule has 0 aromatic heterocycles. The predicted molar refractivity (Wildman–Crippen MR) is 83.5 cm³/mol. The lowest BCUT2D eigenvalue weighted by Gasteiger charge is -2.34. The minimum absolute atomic E-state index is 0.0461. The van der Waals surface area contributed by atoms with Crippen molar-refractivity contribution in [2.24, 2.45) is 0 Å². The Kier molecular flexibility index (Phi) is 7.08. The molecule has 0 spiro atoms. The summed E-state index contributed by atoms with van der Waals surface area (Å²) in [6.45, 7) is 6.47. The molecule has 2 aliphatic heterocycles. The number of methoxy groups -OCH3 is 1. The highest BCUT2D eigenvalue weighted by Crippen LogP contribution is 2.06. The molecule has 0 bridgehead atoms. The maximum atomic E-state index is 12.1. The number of hydrogen-bond acceptors (Lipinski definition) is 5. The molecule has 2 N–H and O–H groups in total. The lowest BCUT2D eigenvalue weighted by Crippen LogP contribution is -2.52. The molecular formula is C15H28N4O3. The third kappa shape index (κ3) is 5.55. The number of nitrogens with zero attached hydrogens (tertiary/aromatic N) is 2. The molecule has 7 heteroatoms. The summed E-state index contributed by atoms with van der Waals surface area (Å²) in [6, 6.07) is -0.363. The van der Waals surface area contributed by atoms with E-state index in [1.54, 1.807) is 7.11 Å². The van der Waals surface area contributed by atoms with Crippen molar-refractivity contribution >= 4 is 11.8 Å². The van der Waals surface area contributed by atoms with E-state index in [4.69, 9.17) is 4.74 Å². The van der Waals surface area contributed by atoms with Crippen LogP contribution >= 0.6 is 0 Å². The SMILES string of the molecule is COCCN1CCN(CC(=O)N[C@@H]2CCCCNC2=O)CC1. The number of carbonyl (C=O) groups excluding carboxylic acids is 2. The quantitative estimate of drug-likeness (QED) is 0.660. The Morgan fingerprint density at radius 1 is 1.27 bits per heavy atom. The number of amides is 2. The van der Waals surface area contributed by atoms with Gasteiger partial charge in [-0.3, -0.25) is 19.4 Å². The van der Waals surface area contributed by atoms with Crippen molar-refractivity contribution in [3.8, 4) is 0 Å². The monoisotopic (exact) mass is 312 g/mol. The number of carbonyl (C=O) groups is 2. The first-order chi connectivity index (χ1) is 10.7. The number of nitrogens with one attached hydrogen (secondary N) is 2. The fraction of sp³-hybridized carbons (Fsp3) is 0.867. The molecule has 2 rings (SSSR count). The van der Waals surface area contributed by atoms with Gasteiger partial charge in [0.15, 0.2) is 0 Å². The van der Waals surface area contributed by atoms with Crippen LogP contribution in [0.2, 0.25) is 0 Å². The van der Waals surface area contributed by atoms with Gasteiger partial charge in [-0.25, -0.2) is 0 Å². The number of piperazine rings is 1. The average Bonchev–Trinajstić information content (AvgIpc) is 2.71. The maximum Gasteiger partial charge on any atom is 0.242 e. The highest BCUT2D eigenvalue weighted by atomic mass is 16.5. The van der Waals surface area contributed by atoms with Crippen LogP contribution in [0.15, 0.2) is 0 Å². The third-order valence-corrected chi connectivity index (χ3v) is 4.31. The fourth-order valence-corrected chi connectivity index (χ4v) is 2.91. The van der Waals surface area contributed by atoms with E-state index in [9.17, 15) is 9.59 Å². The first-order valence-corrected chi connectivity index (χ1v) is 8.20. The molecule has 0 saturated carbocycles. The largest absolute Gasteiger partial charge is 0.383 e. The summed E-state index contributed by atoms with van der Waals surface area (Å²) in [7, 11) is 1.71. The van der Waals surface area contributed by atoms with E-state index in [0.29, 0.717) is 13.1 Å². The van der Waals surface area contributed by atoms with Gasteiger partial charge in [0.2, 0.25) is 11.8 Å². The molecule has 7 nitrogen and oxygen atoms in total. The van der Waals surface area contributed by atoms with Crippen LogP contribution in [0.3, 0.4) is 0 Å². The van der Waals surface area contributed by atoms with Crippen molar-refractivity contribution < 1.29 is 14.3 Å². The summed E-state index contributed by atoms with van der Waals surface area (Å²) >= 11 is 0. The van der Waals surface area contributed by atoms with Crippen molar-refractivity contribution in [1.29, 1.82) is 0 Å². The zero-order valence-electron chi connectivity index (χ0n) is 13.5. The van der Waals surface area contributed by atoms with Crippen LogP contribution in [0.1, 0.15) is 19.3 Å². The first-order valence-electron chi connectivity index (χ1n) is 8.20. The average molecular weight is 312 g/mol. The Bertz CT molecular complexity index is 370. The molecule has 22 heavy (non-hydrogen) atoms. The molecule has 0 aliphatic carbocycles. The van der Waals surface area contributed by atoms with Gasteiger partial charge in [-0.15, -0.1) is 0 Å². The van der Waals surface area contributed by atoms with Gasteiger partial charge in [-0.05, 0) is 19.3 Å². The molecule has 0 aromatic rings. The van der Waals surface area contributed by atoms with Gasteiger partial charge < -0.3 is 15.4 Å². The molecule has 2 fully saturated rings. The highest BCUT2D eigenvalue weighted by molar-refractivity contribution is 5.88. The van der Waals surface area contributed by atoms with Gasteiger partial charge in [-0.1, -0.05) is 0 Å². The second kappa shape index (κ2) is 9.07. The van der Waals surface area contributed by atoms with Crippen LogP contribution in [0.4, 0.5) is 0 Å². The van der Waals surface area contributed by atoms with Gasteiger partial charge in [-0.2, -0.15) is 0 Å². The Hall–Kier alpha value is -1.18. The second-order valence-corrected chi connectivity index (χ2v) is 6.02. The van der Waals surface area contributed by atoms with E-state index < -0.39 is 0 Å². The van der Waals surface area contributed by atoms with Gasteiger partial charge in [0.1, 0.15) is 6.04 Å². The predicted octanol–water partition coefficient (Wildman–Crippen LogP) is -0.965. The van der Waals surface area contributed by atoms with E-state index in [-0.39, 0.29) is 17.9 Å². The molecular weight excluding hydrogens is 284 g/mol. The summed E-state index contributed by atoms with van der Waals surface area (Å²) in [5.74, 6) is -0.0948. The summed E-state index contributed by atoms with van der Waals surface area (Å²) in [5.41, 5.74) is 0. The molecule has 2 amide bonds. The van der Waals surface area contributed by atoms with Gasteiger partial charge >= 0.3 is 0 Å². The van der Waals surface area contributed by atoms with Crippen molar-refractivity contribution in [3.63, 3.8) is 0 Å². The summed E-state index contributed by atoms with van der Waals surface area (Å²) in [4.78, 5) is 28.4. The molecule has 0 aromatic carbocycles. The van der Waals surface area contributed by atoms with Crippen LogP contribution in [-0.4, -0.2) is 87.2 Å². The normalized spacial score (nSPS) is 24.6. The van der Waals surface area contributed by atoms with E-state index >= 15 is 0 Å². The number of rotatable bonds is 6. The minimum atomic E-state index is -0.363. The van der Waals surface area contributed by atoms with Crippen LogP contribution in [0, 0.1) is 0 Å². The van der Waals surface area contributed by atoms with E-state index in [1.807, 2.05) is 0 Å². The molecule has 1 atom stereocenters. The van der Waals surface area contributed by atoms with Gasteiger partial charge in [0.05, 0.1) is 13.2 Å². The maximum absolute atomic E-state index is 12.1. The zero-order chi connectivity index (χ0) is 15.8. The number of ether oxygens (including phenoxy) is 1. The van der Waals surface area contributed by atoms with E-state index in [2.05, 4.69) is 20.4 Å². The fourth-order valence-electron chi connectivity index (χ4n) is 2.91. The Labute approximate surface area is 132 Å². The summed E-state index contributed by atoms with van der Waals surface area (Å²) in [6.07, 6.45) is 2.70. The summed E-state index contributed by atoms with van der Waals surface area (Å²) in [5, 5.41) is 5.72. The lowest BCUT2D eigenvalue weighted by atomic mass is 10.1. The van der Waals surface area contributed by atoms with Crippen LogP contribution < -0.4 is 10.6 Å². The lowest BCUT2D eigenvalue weighted by molar-refractivity contribution is -0.129. The minimum Gasteiger partial charge on any atom is -0.383 e. The van der Waals surface area contributed by atoms with Crippen molar-refractivity contribution in [1.82, 2.24) is 20.4 Å².